The fourth-order valence-electron chi connectivity index (χ4n) is 4.16. The van der Waals surface area contributed by atoms with Crippen molar-refractivity contribution in [1.82, 2.24) is 35.1 Å². The van der Waals surface area contributed by atoms with Crippen LogP contribution in [0.5, 0.6) is 0 Å². The maximum absolute atomic E-state index is 12.9. The van der Waals surface area contributed by atoms with Crippen LogP contribution < -0.4 is 5.32 Å². The van der Waals surface area contributed by atoms with Crippen LogP contribution in [0.3, 0.4) is 0 Å². The number of ketones is 1. The van der Waals surface area contributed by atoms with E-state index in [1.165, 1.54) is 0 Å². The second-order valence-electron chi connectivity index (χ2n) is 11.5. The van der Waals surface area contributed by atoms with Crippen LogP contribution in [0.2, 0.25) is 25.7 Å². The standard InChI is InChI=1S/C30H37N7O6Si/c1-44(2,3)16-15-42-21-36-14-13-31-29(36)24-11-9-22(10-12-24)17-27-33-35-37(34-27)19-26(38)25(18-28(39)40)32-30(41)43-20-23-7-5-4-6-8-23/h4-14,25H,15-21H2,1-3H3,(H,32,41)(H,39,40). The number of aliphatic carboxylic acids is 1. The lowest BCUT2D eigenvalue weighted by Gasteiger charge is -2.16. The molecule has 2 aromatic heterocycles. The van der Waals surface area contributed by atoms with Crippen molar-refractivity contribution in [2.24, 2.45) is 0 Å². The zero-order valence-electron chi connectivity index (χ0n) is 25.0. The fourth-order valence-corrected chi connectivity index (χ4v) is 4.92. The van der Waals surface area contributed by atoms with E-state index < -0.39 is 38.4 Å². The molecule has 0 saturated heterocycles. The SMILES string of the molecule is C[Si](C)(C)CCOCn1ccnc1-c1ccc(Cc2nnn(CC(=O)C(CC(=O)O)NC(=O)OCc3ccccc3)n2)cc1. The molecule has 1 amide bonds. The third-order valence-electron chi connectivity index (χ3n) is 6.58. The summed E-state index contributed by atoms with van der Waals surface area (Å²) in [7, 11) is -1.16. The van der Waals surface area contributed by atoms with Crippen molar-refractivity contribution in [3.8, 4) is 11.4 Å². The van der Waals surface area contributed by atoms with Crippen LogP contribution in [0.1, 0.15) is 23.4 Å². The molecule has 1 unspecified atom stereocenters. The number of aromatic nitrogens is 6. The van der Waals surface area contributed by atoms with Crippen molar-refractivity contribution < 1.29 is 29.0 Å². The first kappa shape index (κ1) is 32.2. The molecule has 0 aliphatic heterocycles. The van der Waals surface area contributed by atoms with Gasteiger partial charge in [-0.3, -0.25) is 9.59 Å². The Morgan fingerprint density at radius 3 is 2.48 bits per heavy atom. The predicted molar refractivity (Wildman–Crippen MR) is 163 cm³/mol. The first-order valence-electron chi connectivity index (χ1n) is 14.2. The van der Waals surface area contributed by atoms with Crippen molar-refractivity contribution in [2.45, 2.75) is 64.5 Å². The van der Waals surface area contributed by atoms with Crippen LogP contribution in [-0.4, -0.2) is 73.4 Å². The summed E-state index contributed by atoms with van der Waals surface area (Å²) >= 11 is 0. The van der Waals surface area contributed by atoms with Gasteiger partial charge in [0.25, 0.3) is 0 Å². The molecule has 0 bridgehead atoms. The number of carbonyl (C=O) groups is 3. The first-order chi connectivity index (χ1) is 21.1. The lowest BCUT2D eigenvalue weighted by Crippen LogP contribution is -2.44. The number of carbonyl (C=O) groups excluding carboxylic acids is 2. The second-order valence-corrected chi connectivity index (χ2v) is 17.1. The summed E-state index contributed by atoms with van der Waals surface area (Å²) in [4.78, 5) is 42.0. The highest BCUT2D eigenvalue weighted by Crippen LogP contribution is 2.19. The molecular formula is C30H37N7O6Si. The van der Waals surface area contributed by atoms with E-state index in [4.69, 9.17) is 9.47 Å². The number of ether oxygens (including phenoxy) is 2. The van der Waals surface area contributed by atoms with E-state index in [1.807, 2.05) is 41.1 Å². The Kier molecular flexibility index (Phi) is 11.1. The number of nitrogens with zero attached hydrogens (tertiary/aromatic N) is 6. The van der Waals surface area contributed by atoms with Crippen LogP contribution in [0.25, 0.3) is 11.4 Å². The molecule has 4 aromatic rings. The van der Waals surface area contributed by atoms with Gasteiger partial charge in [0.2, 0.25) is 0 Å². The Morgan fingerprint density at radius 1 is 1.02 bits per heavy atom. The molecule has 0 fully saturated rings. The summed E-state index contributed by atoms with van der Waals surface area (Å²) in [6.45, 7) is 7.73. The molecule has 4 rings (SSSR count). The minimum atomic E-state index is -1.32. The van der Waals surface area contributed by atoms with Crippen molar-refractivity contribution in [3.63, 3.8) is 0 Å². The van der Waals surface area contributed by atoms with Gasteiger partial charge in [-0.1, -0.05) is 74.2 Å². The van der Waals surface area contributed by atoms with E-state index in [0.717, 1.165) is 40.0 Å². The van der Waals surface area contributed by atoms with Gasteiger partial charge in [0.05, 0.1) is 6.42 Å². The number of nitrogens with one attached hydrogen (secondary N) is 1. The Hall–Kier alpha value is -4.69. The molecule has 0 radical (unpaired) electrons. The quantitative estimate of drug-likeness (QED) is 0.139. The van der Waals surface area contributed by atoms with E-state index in [-0.39, 0.29) is 13.2 Å². The molecule has 2 heterocycles. The Bertz CT molecular complexity index is 1530. The Morgan fingerprint density at radius 2 is 1.77 bits per heavy atom. The highest BCUT2D eigenvalue weighted by Gasteiger charge is 2.25. The monoisotopic (exact) mass is 619 g/mol. The van der Waals surface area contributed by atoms with Crippen LogP contribution in [0.15, 0.2) is 67.0 Å². The van der Waals surface area contributed by atoms with Crippen LogP contribution >= 0.6 is 0 Å². The van der Waals surface area contributed by atoms with Gasteiger partial charge in [0.1, 0.15) is 31.7 Å². The maximum atomic E-state index is 12.9. The number of hydrogen-bond donors (Lipinski definition) is 2. The number of alkyl carbamates (subject to hydrolysis) is 1. The number of hydrogen-bond acceptors (Lipinski definition) is 9. The van der Waals surface area contributed by atoms with Gasteiger partial charge in [-0.25, -0.2) is 9.78 Å². The third-order valence-corrected chi connectivity index (χ3v) is 8.28. The Balaban J connectivity index is 1.30. The van der Waals surface area contributed by atoms with Gasteiger partial charge in [-0.15, -0.1) is 10.2 Å². The smallest absolute Gasteiger partial charge is 0.408 e. The van der Waals surface area contributed by atoms with Crippen LogP contribution in [-0.2, 0) is 45.4 Å². The molecule has 0 saturated carbocycles. The molecule has 0 spiro atoms. The third kappa shape index (κ3) is 10.2. The van der Waals surface area contributed by atoms with E-state index in [1.54, 1.807) is 30.5 Å². The van der Waals surface area contributed by atoms with Crippen molar-refractivity contribution in [1.29, 1.82) is 0 Å². The molecule has 2 N–H and O–H groups in total. The van der Waals surface area contributed by atoms with Gasteiger partial charge in [0.15, 0.2) is 11.6 Å². The van der Waals surface area contributed by atoms with E-state index in [0.29, 0.717) is 19.0 Å². The Labute approximate surface area is 256 Å². The summed E-state index contributed by atoms with van der Waals surface area (Å²) in [6, 6.07) is 16.6. The molecule has 2 aromatic carbocycles. The molecule has 14 heteroatoms. The number of carboxylic acids is 1. The van der Waals surface area contributed by atoms with Crippen LogP contribution in [0, 0.1) is 0 Å². The number of rotatable bonds is 16. The number of amides is 1. The summed E-state index contributed by atoms with van der Waals surface area (Å²) < 4.78 is 13.0. The number of imidazole rings is 1. The maximum Gasteiger partial charge on any atom is 0.408 e. The number of benzene rings is 2. The zero-order valence-corrected chi connectivity index (χ0v) is 26.0. The van der Waals surface area contributed by atoms with Gasteiger partial charge in [-0.2, -0.15) is 4.80 Å². The van der Waals surface area contributed by atoms with E-state index in [9.17, 15) is 19.5 Å². The second kappa shape index (κ2) is 15.2. The van der Waals surface area contributed by atoms with Gasteiger partial charge in [0, 0.05) is 39.1 Å². The van der Waals surface area contributed by atoms with Gasteiger partial charge < -0.3 is 24.5 Å². The first-order valence-corrected chi connectivity index (χ1v) is 17.9. The van der Waals surface area contributed by atoms with Gasteiger partial charge in [-0.05, 0) is 22.4 Å². The lowest BCUT2D eigenvalue weighted by atomic mass is 10.1. The fraction of sp³-hybridized carbons (Fsp3) is 0.367. The minimum absolute atomic E-state index is 0.0217. The summed E-state index contributed by atoms with van der Waals surface area (Å²) in [5.74, 6) is -0.662. The molecule has 232 valence electrons. The minimum Gasteiger partial charge on any atom is -0.481 e. The van der Waals surface area contributed by atoms with Crippen LogP contribution in [0.4, 0.5) is 4.79 Å². The highest BCUT2D eigenvalue weighted by atomic mass is 28.3. The van der Waals surface area contributed by atoms with Gasteiger partial charge >= 0.3 is 12.1 Å². The normalized spacial score (nSPS) is 12.1. The molecule has 44 heavy (non-hydrogen) atoms. The lowest BCUT2D eigenvalue weighted by molar-refractivity contribution is -0.139. The molecule has 13 nitrogen and oxygen atoms in total. The summed E-state index contributed by atoms with van der Waals surface area (Å²) in [6.07, 6.45) is 2.49. The van der Waals surface area contributed by atoms with Crippen molar-refractivity contribution in [2.75, 3.05) is 6.61 Å². The average molecular weight is 620 g/mol. The highest BCUT2D eigenvalue weighted by molar-refractivity contribution is 6.76. The molecule has 0 aliphatic carbocycles. The molecular weight excluding hydrogens is 582 g/mol. The number of carboxylic acid groups (broad SMARTS) is 1. The average Bonchev–Trinajstić information content (AvgIpc) is 3.63. The van der Waals surface area contributed by atoms with Crippen molar-refractivity contribution >= 4 is 25.9 Å². The van der Waals surface area contributed by atoms with E-state index in [2.05, 4.69) is 45.4 Å². The summed E-state index contributed by atoms with van der Waals surface area (Å²) in [5, 5.41) is 23.8. The predicted octanol–water partition coefficient (Wildman–Crippen LogP) is 3.78. The zero-order chi connectivity index (χ0) is 31.5. The number of tetrazole rings is 1. The topological polar surface area (TPSA) is 163 Å². The number of Topliss-reactive ketones (excluding diaryl/α,β-unsaturated/α-hetero) is 1. The molecule has 0 aliphatic rings. The molecule has 1 atom stereocenters. The summed E-state index contributed by atoms with van der Waals surface area (Å²) in [5.41, 5.74) is 2.62. The van der Waals surface area contributed by atoms with E-state index >= 15 is 0 Å². The van der Waals surface area contributed by atoms with Crippen molar-refractivity contribution in [3.05, 3.63) is 83.9 Å². The largest absolute Gasteiger partial charge is 0.481 e.